The van der Waals surface area contributed by atoms with Gasteiger partial charge in [0.2, 0.25) is 0 Å². The number of hydrogen-bond donors (Lipinski definition) is 1. The molecule has 2 unspecified atom stereocenters. The Kier molecular flexibility index (Phi) is 3.49. The third kappa shape index (κ3) is 2.61. The molecule has 4 rings (SSSR count). The zero-order chi connectivity index (χ0) is 14.1. The maximum atomic E-state index is 4.58. The monoisotopic (exact) mass is 297 g/mol. The Hall–Kier alpha value is -1.65. The van der Waals surface area contributed by atoms with Crippen molar-refractivity contribution in [2.45, 2.75) is 19.0 Å². The van der Waals surface area contributed by atoms with Crippen molar-refractivity contribution in [3.8, 4) is 0 Å². The standard InChI is InChI=1S/C17H19N3S/c1-2-5-13(6-3-1)11-20-9-8-15-14(12-20)17(19-18-15)16-7-4-10-21-16/h1-7,10,14,17,19H,8-9,11-12H2. The summed E-state index contributed by atoms with van der Waals surface area (Å²) in [6.07, 6.45) is 1.09. The van der Waals surface area contributed by atoms with Crippen molar-refractivity contribution in [3.05, 3.63) is 58.3 Å². The van der Waals surface area contributed by atoms with Gasteiger partial charge in [0, 0.05) is 42.6 Å². The molecule has 3 heterocycles. The Morgan fingerprint density at radius 1 is 1.19 bits per heavy atom. The van der Waals surface area contributed by atoms with Gasteiger partial charge in [0.1, 0.15) is 0 Å². The van der Waals surface area contributed by atoms with Crippen LogP contribution in [0.3, 0.4) is 0 Å². The summed E-state index contributed by atoms with van der Waals surface area (Å²) in [6, 6.07) is 15.5. The number of rotatable bonds is 3. The van der Waals surface area contributed by atoms with Gasteiger partial charge in [0.15, 0.2) is 0 Å². The summed E-state index contributed by atoms with van der Waals surface area (Å²) in [7, 11) is 0. The predicted molar refractivity (Wildman–Crippen MR) is 87.5 cm³/mol. The molecule has 1 aromatic heterocycles. The van der Waals surface area contributed by atoms with Crippen molar-refractivity contribution in [1.29, 1.82) is 0 Å². The fourth-order valence-electron chi connectivity index (χ4n) is 3.33. The van der Waals surface area contributed by atoms with E-state index in [2.05, 4.69) is 63.3 Å². The molecule has 1 saturated heterocycles. The second-order valence-electron chi connectivity index (χ2n) is 5.80. The van der Waals surface area contributed by atoms with E-state index >= 15 is 0 Å². The Morgan fingerprint density at radius 2 is 2.10 bits per heavy atom. The molecular weight excluding hydrogens is 278 g/mol. The summed E-state index contributed by atoms with van der Waals surface area (Å²) in [4.78, 5) is 3.97. The normalized spacial score (nSPS) is 25.2. The Morgan fingerprint density at radius 3 is 2.90 bits per heavy atom. The number of nitrogens with one attached hydrogen (secondary N) is 1. The number of hydrazone groups is 1. The van der Waals surface area contributed by atoms with Crippen LogP contribution in [0, 0.1) is 5.92 Å². The summed E-state index contributed by atoms with van der Waals surface area (Å²) in [5.74, 6) is 0.529. The largest absolute Gasteiger partial charge is 0.301 e. The van der Waals surface area contributed by atoms with Crippen LogP contribution in [0.15, 0.2) is 52.9 Å². The quantitative estimate of drug-likeness (QED) is 0.941. The molecule has 2 aromatic rings. The maximum Gasteiger partial charge on any atom is 0.0874 e. The van der Waals surface area contributed by atoms with Crippen molar-refractivity contribution < 1.29 is 0 Å². The van der Waals surface area contributed by atoms with Gasteiger partial charge in [-0.2, -0.15) is 5.10 Å². The van der Waals surface area contributed by atoms with Crippen molar-refractivity contribution in [1.82, 2.24) is 10.3 Å². The number of nitrogens with zero attached hydrogens (tertiary/aromatic N) is 2. The summed E-state index contributed by atoms with van der Waals surface area (Å²) >= 11 is 1.83. The Labute approximate surface area is 129 Å². The highest BCUT2D eigenvalue weighted by Gasteiger charge is 2.37. The van der Waals surface area contributed by atoms with E-state index in [0.29, 0.717) is 12.0 Å². The average Bonchev–Trinajstić information content (AvgIpc) is 3.16. The van der Waals surface area contributed by atoms with Gasteiger partial charge in [-0.1, -0.05) is 36.4 Å². The van der Waals surface area contributed by atoms with Crippen LogP contribution in [0.25, 0.3) is 0 Å². The van der Waals surface area contributed by atoms with Gasteiger partial charge in [0.25, 0.3) is 0 Å². The van der Waals surface area contributed by atoms with E-state index in [4.69, 9.17) is 0 Å². The molecule has 1 N–H and O–H groups in total. The fourth-order valence-corrected chi connectivity index (χ4v) is 4.16. The Bertz CT molecular complexity index is 621. The first-order chi connectivity index (χ1) is 10.4. The van der Waals surface area contributed by atoms with Gasteiger partial charge < -0.3 is 5.43 Å². The predicted octanol–water partition coefficient (Wildman–Crippen LogP) is 3.27. The summed E-state index contributed by atoms with van der Waals surface area (Å²) < 4.78 is 0. The lowest BCUT2D eigenvalue weighted by molar-refractivity contribution is 0.221. The molecule has 1 fully saturated rings. The first-order valence-corrected chi connectivity index (χ1v) is 8.40. The van der Waals surface area contributed by atoms with Crippen LogP contribution in [0.1, 0.15) is 22.9 Å². The second-order valence-corrected chi connectivity index (χ2v) is 6.78. The fraction of sp³-hybridized carbons (Fsp3) is 0.353. The zero-order valence-corrected chi connectivity index (χ0v) is 12.7. The minimum atomic E-state index is 0.374. The molecule has 2 atom stereocenters. The summed E-state index contributed by atoms with van der Waals surface area (Å²) in [5, 5.41) is 6.74. The molecule has 21 heavy (non-hydrogen) atoms. The Balaban J connectivity index is 1.48. The van der Waals surface area contributed by atoms with Gasteiger partial charge in [-0.3, -0.25) is 4.90 Å². The first kappa shape index (κ1) is 13.0. The van der Waals surface area contributed by atoms with E-state index in [0.717, 1.165) is 26.1 Å². The van der Waals surface area contributed by atoms with Crippen LogP contribution in [0.2, 0.25) is 0 Å². The van der Waals surface area contributed by atoms with Gasteiger partial charge in [-0.15, -0.1) is 11.3 Å². The van der Waals surface area contributed by atoms with Gasteiger partial charge in [0.05, 0.1) is 6.04 Å². The zero-order valence-electron chi connectivity index (χ0n) is 11.9. The van der Waals surface area contributed by atoms with Crippen LogP contribution >= 0.6 is 11.3 Å². The van der Waals surface area contributed by atoms with Crippen LogP contribution in [0.5, 0.6) is 0 Å². The molecule has 0 saturated carbocycles. The number of hydrogen-bond acceptors (Lipinski definition) is 4. The molecule has 0 bridgehead atoms. The summed E-state index contributed by atoms with van der Waals surface area (Å²) in [6.45, 7) is 3.26. The molecule has 2 aliphatic rings. The molecule has 0 spiro atoms. The van der Waals surface area contributed by atoms with Crippen molar-refractivity contribution in [2.24, 2.45) is 11.0 Å². The lowest BCUT2D eigenvalue weighted by Crippen LogP contribution is -2.41. The van der Waals surface area contributed by atoms with E-state index in [9.17, 15) is 0 Å². The third-order valence-electron chi connectivity index (χ3n) is 4.42. The minimum absolute atomic E-state index is 0.374. The number of benzene rings is 1. The summed E-state index contributed by atoms with van der Waals surface area (Å²) in [5.41, 5.74) is 6.12. The molecule has 3 nitrogen and oxygen atoms in total. The number of fused-ring (bicyclic) bond motifs is 1. The lowest BCUT2D eigenvalue weighted by atomic mass is 9.89. The molecule has 0 aliphatic carbocycles. The second kappa shape index (κ2) is 5.62. The van der Waals surface area contributed by atoms with Gasteiger partial charge in [-0.25, -0.2) is 0 Å². The number of likely N-dealkylation sites (tertiary alicyclic amines) is 1. The molecule has 0 radical (unpaired) electrons. The van der Waals surface area contributed by atoms with Crippen LogP contribution in [-0.2, 0) is 6.54 Å². The van der Waals surface area contributed by atoms with Crippen molar-refractivity contribution in [2.75, 3.05) is 13.1 Å². The van der Waals surface area contributed by atoms with Crippen LogP contribution < -0.4 is 5.43 Å². The van der Waals surface area contributed by atoms with Gasteiger partial charge in [-0.05, 0) is 17.0 Å². The lowest BCUT2D eigenvalue weighted by Gasteiger charge is -2.33. The maximum absolute atomic E-state index is 4.58. The van der Waals surface area contributed by atoms with E-state index in [-0.39, 0.29) is 0 Å². The molecule has 108 valence electrons. The van der Waals surface area contributed by atoms with Crippen LogP contribution in [-0.4, -0.2) is 23.7 Å². The highest BCUT2D eigenvalue weighted by Crippen LogP contribution is 2.34. The van der Waals surface area contributed by atoms with E-state index in [1.165, 1.54) is 16.2 Å². The van der Waals surface area contributed by atoms with Gasteiger partial charge >= 0.3 is 0 Å². The molecule has 4 heteroatoms. The number of piperidine rings is 1. The molecule has 0 amide bonds. The van der Waals surface area contributed by atoms with Crippen molar-refractivity contribution >= 4 is 17.0 Å². The molecular formula is C17H19N3S. The minimum Gasteiger partial charge on any atom is -0.301 e. The highest BCUT2D eigenvalue weighted by atomic mass is 32.1. The smallest absolute Gasteiger partial charge is 0.0874 e. The van der Waals surface area contributed by atoms with E-state index < -0.39 is 0 Å². The van der Waals surface area contributed by atoms with Crippen molar-refractivity contribution in [3.63, 3.8) is 0 Å². The first-order valence-electron chi connectivity index (χ1n) is 7.52. The van der Waals surface area contributed by atoms with E-state index in [1.54, 1.807) is 0 Å². The topological polar surface area (TPSA) is 27.6 Å². The van der Waals surface area contributed by atoms with E-state index in [1.807, 2.05) is 11.3 Å². The third-order valence-corrected chi connectivity index (χ3v) is 5.37. The molecule has 2 aliphatic heterocycles. The molecule has 1 aromatic carbocycles. The van der Waals surface area contributed by atoms with Crippen LogP contribution in [0.4, 0.5) is 0 Å². The SMILES string of the molecule is c1ccc(CN2CCC3=NNC(c4cccs4)C3C2)cc1. The average molecular weight is 297 g/mol. The number of thiophene rings is 1. The highest BCUT2D eigenvalue weighted by molar-refractivity contribution is 7.10.